The predicted octanol–water partition coefficient (Wildman–Crippen LogP) is 2.06. The summed E-state index contributed by atoms with van der Waals surface area (Å²) in [6, 6.07) is 5.18. The molecule has 2 heterocycles. The fourth-order valence-corrected chi connectivity index (χ4v) is 4.13. The average molecular weight is 300 g/mol. The Morgan fingerprint density at radius 3 is 2.89 bits per heavy atom. The van der Waals surface area contributed by atoms with Gasteiger partial charge in [0.1, 0.15) is 5.65 Å². The minimum atomic E-state index is -3.66. The Kier molecular flexibility index (Phi) is 3.03. The number of nitrogens with zero attached hydrogens (tertiary/aromatic N) is 2. The maximum absolute atomic E-state index is 12.4. The van der Waals surface area contributed by atoms with Crippen LogP contribution >= 0.6 is 11.6 Å². The number of hydrogen-bond donors (Lipinski definition) is 1. The highest BCUT2D eigenvalue weighted by molar-refractivity contribution is 7.89. The molecule has 7 heteroatoms. The Hall–Kier alpha value is -1.11. The Bertz CT molecular complexity index is 722. The zero-order valence-corrected chi connectivity index (χ0v) is 11.9. The van der Waals surface area contributed by atoms with E-state index >= 15 is 0 Å². The molecule has 0 spiro atoms. The first-order valence-electron chi connectivity index (χ1n) is 6.14. The van der Waals surface area contributed by atoms with Crippen molar-refractivity contribution in [3.05, 3.63) is 29.5 Å². The quantitative estimate of drug-likeness (QED) is 0.940. The number of imidazole rings is 1. The minimum absolute atomic E-state index is 0.00157. The standard InChI is InChI=1S/C12H14ClN3O2S/c1-8(9-5-6-9)15-19(17,18)12-11(13)14-10-4-2-3-7-16(10)12/h2-4,7-9,15H,5-6H2,1H3. The van der Waals surface area contributed by atoms with Gasteiger partial charge in [0, 0.05) is 12.2 Å². The Balaban J connectivity index is 2.04. The summed E-state index contributed by atoms with van der Waals surface area (Å²) in [5, 5.41) is 0.0129. The van der Waals surface area contributed by atoms with Crippen LogP contribution in [0.5, 0.6) is 0 Å². The lowest BCUT2D eigenvalue weighted by Gasteiger charge is -2.13. The molecule has 1 N–H and O–H groups in total. The van der Waals surface area contributed by atoms with Crippen molar-refractivity contribution >= 4 is 27.3 Å². The number of rotatable bonds is 4. The molecule has 0 amide bonds. The van der Waals surface area contributed by atoms with Crippen LogP contribution in [0.1, 0.15) is 19.8 Å². The highest BCUT2D eigenvalue weighted by Gasteiger charge is 2.33. The van der Waals surface area contributed by atoms with Crippen molar-refractivity contribution in [3.8, 4) is 0 Å². The molecular formula is C12H14ClN3O2S. The van der Waals surface area contributed by atoms with E-state index in [0.717, 1.165) is 12.8 Å². The summed E-state index contributed by atoms with van der Waals surface area (Å²) in [6.07, 6.45) is 3.79. The Morgan fingerprint density at radius 2 is 2.21 bits per heavy atom. The van der Waals surface area contributed by atoms with Crippen molar-refractivity contribution in [2.75, 3.05) is 0 Å². The third-order valence-corrected chi connectivity index (χ3v) is 5.33. The number of hydrogen-bond acceptors (Lipinski definition) is 3. The number of fused-ring (bicyclic) bond motifs is 1. The molecule has 102 valence electrons. The Labute approximate surface area is 116 Å². The fraction of sp³-hybridized carbons (Fsp3) is 0.417. The van der Waals surface area contributed by atoms with E-state index in [1.54, 1.807) is 24.4 Å². The van der Waals surface area contributed by atoms with Crippen molar-refractivity contribution in [1.29, 1.82) is 0 Å². The van der Waals surface area contributed by atoms with Gasteiger partial charge >= 0.3 is 0 Å². The SMILES string of the molecule is CC(NS(=O)(=O)c1c(Cl)nc2ccccn12)C1CC1. The van der Waals surface area contributed by atoms with Gasteiger partial charge in [-0.15, -0.1) is 0 Å². The second-order valence-corrected chi connectivity index (χ2v) is 6.87. The van der Waals surface area contributed by atoms with Crippen molar-refractivity contribution in [3.63, 3.8) is 0 Å². The first-order valence-corrected chi connectivity index (χ1v) is 8.00. The zero-order chi connectivity index (χ0) is 13.6. The summed E-state index contributed by atoms with van der Waals surface area (Å²) < 4.78 is 29.0. The van der Waals surface area contributed by atoms with Crippen LogP contribution in [0.3, 0.4) is 0 Å². The minimum Gasteiger partial charge on any atom is -0.288 e. The molecule has 2 aromatic heterocycles. The molecule has 1 unspecified atom stereocenters. The molecule has 2 aromatic rings. The molecular weight excluding hydrogens is 286 g/mol. The van der Waals surface area contributed by atoms with Crippen LogP contribution in [-0.2, 0) is 10.0 Å². The molecule has 1 atom stereocenters. The van der Waals surface area contributed by atoms with E-state index in [1.165, 1.54) is 4.40 Å². The van der Waals surface area contributed by atoms with Crippen LogP contribution in [0.15, 0.2) is 29.4 Å². The second kappa shape index (κ2) is 4.47. The smallest absolute Gasteiger partial charge is 0.260 e. The van der Waals surface area contributed by atoms with Crippen LogP contribution < -0.4 is 4.72 Å². The molecule has 1 aliphatic carbocycles. The van der Waals surface area contributed by atoms with Gasteiger partial charge in [-0.1, -0.05) is 17.7 Å². The summed E-state index contributed by atoms with van der Waals surface area (Å²) in [5.74, 6) is 0.438. The number of nitrogens with one attached hydrogen (secondary N) is 1. The lowest BCUT2D eigenvalue weighted by Crippen LogP contribution is -2.34. The van der Waals surface area contributed by atoms with E-state index < -0.39 is 10.0 Å². The molecule has 0 saturated heterocycles. The first kappa shape index (κ1) is 12.9. The predicted molar refractivity (Wildman–Crippen MR) is 72.7 cm³/mol. The summed E-state index contributed by atoms with van der Waals surface area (Å²) >= 11 is 5.98. The van der Waals surface area contributed by atoms with Crippen LogP contribution in [0.25, 0.3) is 5.65 Å². The number of aromatic nitrogens is 2. The topological polar surface area (TPSA) is 63.5 Å². The number of sulfonamides is 1. The van der Waals surface area contributed by atoms with Gasteiger partial charge in [0.05, 0.1) is 0 Å². The lowest BCUT2D eigenvalue weighted by molar-refractivity contribution is 0.534. The average Bonchev–Trinajstić information content (AvgIpc) is 3.10. The van der Waals surface area contributed by atoms with Crippen LogP contribution in [-0.4, -0.2) is 23.8 Å². The van der Waals surface area contributed by atoms with Gasteiger partial charge in [0.25, 0.3) is 10.0 Å². The highest BCUT2D eigenvalue weighted by atomic mass is 35.5. The Morgan fingerprint density at radius 1 is 1.47 bits per heavy atom. The van der Waals surface area contributed by atoms with Gasteiger partial charge in [-0.2, -0.15) is 0 Å². The van der Waals surface area contributed by atoms with Gasteiger partial charge in [0.2, 0.25) is 0 Å². The van der Waals surface area contributed by atoms with E-state index in [0.29, 0.717) is 11.6 Å². The van der Waals surface area contributed by atoms with Crippen LogP contribution in [0, 0.1) is 5.92 Å². The van der Waals surface area contributed by atoms with Crippen molar-refractivity contribution in [2.45, 2.75) is 30.8 Å². The van der Waals surface area contributed by atoms with Gasteiger partial charge < -0.3 is 0 Å². The fourth-order valence-electron chi connectivity index (χ4n) is 2.18. The van der Waals surface area contributed by atoms with E-state index in [4.69, 9.17) is 11.6 Å². The van der Waals surface area contributed by atoms with Crippen LogP contribution in [0.2, 0.25) is 5.15 Å². The summed E-state index contributed by atoms with van der Waals surface area (Å²) in [7, 11) is -3.66. The molecule has 1 saturated carbocycles. The van der Waals surface area contributed by atoms with Crippen LogP contribution in [0.4, 0.5) is 0 Å². The molecule has 5 nitrogen and oxygen atoms in total. The molecule has 1 fully saturated rings. The molecule has 0 radical (unpaired) electrons. The molecule has 0 aliphatic heterocycles. The second-order valence-electron chi connectivity index (χ2n) is 4.88. The van der Waals surface area contributed by atoms with Gasteiger partial charge in [-0.05, 0) is 37.8 Å². The molecule has 3 rings (SSSR count). The zero-order valence-electron chi connectivity index (χ0n) is 10.4. The highest BCUT2D eigenvalue weighted by Crippen LogP contribution is 2.33. The molecule has 19 heavy (non-hydrogen) atoms. The van der Waals surface area contributed by atoms with E-state index in [-0.39, 0.29) is 16.2 Å². The van der Waals surface area contributed by atoms with Gasteiger partial charge in [-0.25, -0.2) is 18.1 Å². The molecule has 0 bridgehead atoms. The van der Waals surface area contributed by atoms with Gasteiger partial charge in [0.15, 0.2) is 10.2 Å². The molecule has 1 aliphatic rings. The lowest BCUT2D eigenvalue weighted by atomic mass is 10.2. The van der Waals surface area contributed by atoms with Crippen molar-refractivity contribution < 1.29 is 8.42 Å². The molecule has 0 aromatic carbocycles. The monoisotopic (exact) mass is 299 g/mol. The van der Waals surface area contributed by atoms with Crippen molar-refractivity contribution in [1.82, 2.24) is 14.1 Å². The normalized spacial score (nSPS) is 17.8. The summed E-state index contributed by atoms with van der Waals surface area (Å²) in [6.45, 7) is 1.88. The summed E-state index contributed by atoms with van der Waals surface area (Å²) in [4.78, 5) is 4.06. The number of pyridine rings is 1. The maximum atomic E-state index is 12.4. The first-order chi connectivity index (χ1) is 8.99. The van der Waals surface area contributed by atoms with E-state index in [1.807, 2.05) is 6.92 Å². The third kappa shape index (κ3) is 2.35. The largest absolute Gasteiger partial charge is 0.288 e. The summed E-state index contributed by atoms with van der Waals surface area (Å²) in [5.41, 5.74) is 0.520. The number of halogens is 1. The van der Waals surface area contributed by atoms with Gasteiger partial charge in [-0.3, -0.25) is 4.40 Å². The van der Waals surface area contributed by atoms with E-state index in [9.17, 15) is 8.42 Å². The van der Waals surface area contributed by atoms with E-state index in [2.05, 4.69) is 9.71 Å². The third-order valence-electron chi connectivity index (χ3n) is 3.37. The maximum Gasteiger partial charge on any atom is 0.260 e. The van der Waals surface area contributed by atoms with Crippen molar-refractivity contribution in [2.24, 2.45) is 5.92 Å².